The maximum Gasteiger partial charge on any atom is 0.257 e. The SMILES string of the molecule is CC/C=C(\NC)N1CCc2cccc(C(=O)Nc3nc4ccccc4s3)c2C1. The molecule has 0 bridgehead atoms. The maximum absolute atomic E-state index is 13.0. The van der Waals surface area contributed by atoms with Gasteiger partial charge in [-0.15, -0.1) is 0 Å². The van der Waals surface area contributed by atoms with Crippen LogP contribution in [0.15, 0.2) is 54.4 Å². The van der Waals surface area contributed by atoms with Gasteiger partial charge in [0.2, 0.25) is 0 Å². The summed E-state index contributed by atoms with van der Waals surface area (Å²) in [5.41, 5.74) is 3.99. The first-order chi connectivity index (χ1) is 13.7. The molecule has 4 rings (SSSR count). The van der Waals surface area contributed by atoms with E-state index in [0.717, 1.165) is 53.1 Å². The summed E-state index contributed by atoms with van der Waals surface area (Å²) in [6, 6.07) is 13.9. The van der Waals surface area contributed by atoms with Gasteiger partial charge in [-0.05, 0) is 48.2 Å². The predicted molar refractivity (Wildman–Crippen MR) is 116 cm³/mol. The van der Waals surface area contributed by atoms with Crippen LogP contribution in [0.25, 0.3) is 10.2 Å². The van der Waals surface area contributed by atoms with Crippen molar-refractivity contribution >= 4 is 32.6 Å². The molecule has 3 aromatic rings. The number of fused-ring (bicyclic) bond motifs is 2. The van der Waals surface area contributed by atoms with Gasteiger partial charge in [0, 0.05) is 25.7 Å². The number of thiazole rings is 1. The molecule has 0 unspecified atom stereocenters. The highest BCUT2D eigenvalue weighted by atomic mass is 32.1. The van der Waals surface area contributed by atoms with Crippen LogP contribution in [0.3, 0.4) is 0 Å². The van der Waals surface area contributed by atoms with E-state index in [0.29, 0.717) is 5.13 Å². The molecule has 1 aliphatic heterocycles. The van der Waals surface area contributed by atoms with E-state index in [1.54, 1.807) is 0 Å². The molecular formula is C22H24N4OS. The van der Waals surface area contributed by atoms with Crippen LogP contribution in [0.1, 0.15) is 34.8 Å². The van der Waals surface area contributed by atoms with E-state index in [-0.39, 0.29) is 5.91 Å². The van der Waals surface area contributed by atoms with Gasteiger partial charge in [-0.1, -0.05) is 42.5 Å². The summed E-state index contributed by atoms with van der Waals surface area (Å²) in [4.78, 5) is 19.9. The molecule has 1 aliphatic rings. The third-order valence-corrected chi connectivity index (χ3v) is 5.98. The first kappa shape index (κ1) is 18.5. The lowest BCUT2D eigenvalue weighted by atomic mass is 9.94. The topological polar surface area (TPSA) is 57.3 Å². The monoisotopic (exact) mass is 392 g/mol. The van der Waals surface area contributed by atoms with Crippen LogP contribution in [-0.2, 0) is 13.0 Å². The molecule has 28 heavy (non-hydrogen) atoms. The van der Waals surface area contributed by atoms with E-state index in [2.05, 4.69) is 39.6 Å². The number of para-hydroxylation sites is 1. The van der Waals surface area contributed by atoms with Crippen LogP contribution >= 0.6 is 11.3 Å². The summed E-state index contributed by atoms with van der Waals surface area (Å²) in [6.45, 7) is 3.81. The number of nitrogens with zero attached hydrogens (tertiary/aromatic N) is 2. The van der Waals surface area contributed by atoms with Gasteiger partial charge in [-0.3, -0.25) is 10.1 Å². The number of hydrogen-bond donors (Lipinski definition) is 2. The summed E-state index contributed by atoms with van der Waals surface area (Å²) in [7, 11) is 1.95. The van der Waals surface area contributed by atoms with Gasteiger partial charge in [-0.25, -0.2) is 4.98 Å². The molecular weight excluding hydrogens is 368 g/mol. The largest absolute Gasteiger partial charge is 0.375 e. The lowest BCUT2D eigenvalue weighted by molar-refractivity contribution is 0.102. The standard InChI is InChI=1S/C22H24N4OS/c1-3-7-20(23-2)26-13-12-15-8-6-9-16(17(15)14-26)21(27)25-22-24-18-10-4-5-11-19(18)28-22/h4-11,23H,3,12-14H2,1-2H3,(H,24,25,27)/b20-7+. The van der Waals surface area contributed by atoms with Gasteiger partial charge >= 0.3 is 0 Å². The number of allylic oxidation sites excluding steroid dienone is 1. The van der Waals surface area contributed by atoms with Crippen molar-refractivity contribution in [2.24, 2.45) is 0 Å². The third-order valence-electron chi connectivity index (χ3n) is 5.03. The number of amides is 1. The van der Waals surface area contributed by atoms with Crippen LogP contribution in [-0.4, -0.2) is 29.4 Å². The Bertz CT molecular complexity index is 1010. The minimum atomic E-state index is -0.0942. The van der Waals surface area contributed by atoms with Gasteiger partial charge in [0.15, 0.2) is 5.13 Å². The molecule has 1 amide bonds. The molecule has 5 nitrogen and oxygen atoms in total. The first-order valence-electron chi connectivity index (χ1n) is 9.60. The van der Waals surface area contributed by atoms with Crippen molar-refractivity contribution in [1.29, 1.82) is 0 Å². The highest BCUT2D eigenvalue weighted by Gasteiger charge is 2.23. The van der Waals surface area contributed by atoms with E-state index in [1.165, 1.54) is 16.9 Å². The number of nitrogens with one attached hydrogen (secondary N) is 2. The van der Waals surface area contributed by atoms with Crippen molar-refractivity contribution in [2.75, 3.05) is 18.9 Å². The Morgan fingerprint density at radius 2 is 2.11 bits per heavy atom. The molecule has 2 heterocycles. The fourth-order valence-electron chi connectivity index (χ4n) is 3.67. The van der Waals surface area contributed by atoms with Crippen LogP contribution in [0, 0.1) is 0 Å². The lowest BCUT2D eigenvalue weighted by Crippen LogP contribution is -2.36. The maximum atomic E-state index is 13.0. The molecule has 2 aromatic carbocycles. The molecule has 2 N–H and O–H groups in total. The van der Waals surface area contributed by atoms with Crippen LogP contribution in [0.4, 0.5) is 5.13 Å². The molecule has 0 saturated carbocycles. The number of benzene rings is 2. The molecule has 144 valence electrons. The molecule has 0 saturated heterocycles. The van der Waals surface area contributed by atoms with Gasteiger partial charge < -0.3 is 10.2 Å². The zero-order chi connectivity index (χ0) is 19.5. The quantitative estimate of drug-likeness (QED) is 0.677. The summed E-state index contributed by atoms with van der Waals surface area (Å²) in [6.07, 6.45) is 4.09. The normalized spacial score (nSPS) is 14.1. The number of rotatable bonds is 5. The minimum Gasteiger partial charge on any atom is -0.375 e. The Labute approximate surface area is 169 Å². The van der Waals surface area contributed by atoms with Crippen molar-refractivity contribution in [3.05, 3.63) is 71.1 Å². The van der Waals surface area contributed by atoms with E-state index in [9.17, 15) is 4.79 Å². The smallest absolute Gasteiger partial charge is 0.257 e. The van der Waals surface area contributed by atoms with Gasteiger partial charge in [0.1, 0.15) is 0 Å². The van der Waals surface area contributed by atoms with Gasteiger partial charge in [-0.2, -0.15) is 0 Å². The van der Waals surface area contributed by atoms with E-state index >= 15 is 0 Å². The van der Waals surface area contributed by atoms with Crippen molar-refractivity contribution in [3.8, 4) is 0 Å². The van der Waals surface area contributed by atoms with Crippen LogP contribution < -0.4 is 10.6 Å². The Morgan fingerprint density at radius 3 is 2.89 bits per heavy atom. The average molecular weight is 393 g/mol. The van der Waals surface area contributed by atoms with Crippen molar-refractivity contribution in [1.82, 2.24) is 15.2 Å². The number of anilines is 1. The highest BCUT2D eigenvalue weighted by molar-refractivity contribution is 7.22. The van der Waals surface area contributed by atoms with Crippen LogP contribution in [0.2, 0.25) is 0 Å². The molecule has 0 aliphatic carbocycles. The van der Waals surface area contributed by atoms with Crippen molar-refractivity contribution < 1.29 is 4.79 Å². The van der Waals surface area contributed by atoms with E-state index in [1.807, 2.05) is 43.4 Å². The molecule has 1 aromatic heterocycles. The first-order valence-corrected chi connectivity index (χ1v) is 10.4. The second-order valence-electron chi connectivity index (χ2n) is 6.80. The summed E-state index contributed by atoms with van der Waals surface area (Å²) in [5, 5.41) is 6.92. The minimum absolute atomic E-state index is 0.0942. The van der Waals surface area contributed by atoms with Crippen molar-refractivity contribution in [2.45, 2.75) is 26.3 Å². The molecule has 0 spiro atoms. The average Bonchev–Trinajstić information content (AvgIpc) is 3.13. The Kier molecular flexibility index (Phi) is 5.30. The number of aromatic nitrogens is 1. The molecule has 0 radical (unpaired) electrons. The number of carbonyl (C=O) groups excluding carboxylic acids is 1. The van der Waals surface area contributed by atoms with Gasteiger partial charge in [0.05, 0.1) is 16.0 Å². The highest BCUT2D eigenvalue weighted by Crippen LogP contribution is 2.28. The molecule has 0 atom stereocenters. The zero-order valence-electron chi connectivity index (χ0n) is 16.2. The molecule has 0 fully saturated rings. The van der Waals surface area contributed by atoms with Gasteiger partial charge in [0.25, 0.3) is 5.91 Å². The second kappa shape index (κ2) is 8.02. The number of carbonyl (C=O) groups is 1. The summed E-state index contributed by atoms with van der Waals surface area (Å²) < 4.78 is 1.07. The Balaban J connectivity index is 1.60. The van der Waals surface area contributed by atoms with Crippen molar-refractivity contribution in [3.63, 3.8) is 0 Å². The zero-order valence-corrected chi connectivity index (χ0v) is 17.0. The Morgan fingerprint density at radius 1 is 1.25 bits per heavy atom. The van der Waals surface area contributed by atoms with E-state index in [4.69, 9.17) is 0 Å². The summed E-state index contributed by atoms with van der Waals surface area (Å²) >= 11 is 1.50. The van der Waals surface area contributed by atoms with E-state index < -0.39 is 0 Å². The Hall–Kier alpha value is -2.86. The fourth-order valence-corrected chi connectivity index (χ4v) is 4.53. The van der Waals surface area contributed by atoms with Crippen LogP contribution in [0.5, 0.6) is 0 Å². The lowest BCUT2D eigenvalue weighted by Gasteiger charge is -2.33. The number of hydrogen-bond acceptors (Lipinski definition) is 5. The summed E-state index contributed by atoms with van der Waals surface area (Å²) in [5.74, 6) is 1.03. The predicted octanol–water partition coefficient (Wildman–Crippen LogP) is 4.38. The second-order valence-corrected chi connectivity index (χ2v) is 7.83. The fraction of sp³-hybridized carbons (Fsp3) is 0.273. The molecule has 6 heteroatoms. The third kappa shape index (κ3) is 3.60.